The van der Waals surface area contributed by atoms with Crippen molar-refractivity contribution in [3.63, 3.8) is 0 Å². The largest absolute Gasteiger partial charge is 0.184 e. The molecule has 0 bridgehead atoms. The molecule has 0 nitrogen and oxygen atoms in total. The van der Waals surface area contributed by atoms with Gasteiger partial charge in [-0.1, -0.05) is 124 Å². The number of hydrogen-bond donors (Lipinski definition) is 0. The van der Waals surface area contributed by atoms with Crippen LogP contribution < -0.4 is 0 Å². The molecule has 0 spiro atoms. The molecule has 7 rings (SSSR count). The first-order valence-electron chi connectivity index (χ1n) is 17.8. The van der Waals surface area contributed by atoms with Crippen LogP contribution in [0.4, 0.5) is 0 Å². The summed E-state index contributed by atoms with van der Waals surface area (Å²) in [6.07, 6.45) is 6.76. The maximum Gasteiger partial charge on any atom is -0.171 e. The summed E-state index contributed by atoms with van der Waals surface area (Å²) in [5.41, 5.74) is 8.11. The van der Waals surface area contributed by atoms with Crippen molar-refractivity contribution in [3.8, 4) is 22.3 Å². The molecule has 7 aromatic carbocycles. The summed E-state index contributed by atoms with van der Waals surface area (Å²) in [6.45, 7) is 15.9. The van der Waals surface area contributed by atoms with Gasteiger partial charge in [0.15, 0.2) is 0 Å². The molecule has 0 aromatic heterocycles. The quantitative estimate of drug-likeness (QED) is 0.118. The second-order valence-corrected chi connectivity index (χ2v) is 11.6. The Morgan fingerprint density at radius 3 is 1.16 bits per heavy atom. The molecule has 0 N–H and O–H groups in total. The second kappa shape index (κ2) is 27.8. The maximum atomic E-state index is 3.60. The average molecular weight is 724 g/mol. The zero-order chi connectivity index (χ0) is 36.4. The van der Waals surface area contributed by atoms with E-state index in [1.165, 1.54) is 67.8 Å². The van der Waals surface area contributed by atoms with Crippen LogP contribution in [-0.4, -0.2) is 8.15 Å². The summed E-state index contributed by atoms with van der Waals surface area (Å²) in [7, 11) is 2.91. The maximum absolute atomic E-state index is 3.60. The van der Waals surface area contributed by atoms with Crippen molar-refractivity contribution in [2.24, 2.45) is 0 Å². The van der Waals surface area contributed by atoms with Gasteiger partial charge in [-0.2, -0.15) is 61.4 Å². The average Bonchev–Trinajstić information content (AvgIpc) is 3.85. The number of fused-ring (bicyclic) bond motifs is 2. The molecular weight excluding hydrogens is 668 g/mol. The molecule has 0 amide bonds. The Hall–Kier alpha value is -3.88. The Kier molecular flexibility index (Phi) is 24.6. The molecule has 0 aliphatic heterocycles. The predicted molar refractivity (Wildman–Crippen MR) is 227 cm³/mol. The Morgan fingerprint density at radius 2 is 0.882 bits per heavy atom. The molecule has 0 aliphatic rings. The minimum Gasteiger partial charge on any atom is -0.184 e. The van der Waals surface area contributed by atoms with Crippen LogP contribution in [0.5, 0.6) is 0 Å². The van der Waals surface area contributed by atoms with Gasteiger partial charge in [0.1, 0.15) is 0 Å². The number of hydrogen-bond acceptors (Lipinski definition) is 0. The third-order valence-corrected chi connectivity index (χ3v) is 7.92. The molecular formula is C49H56SiV-6. The molecule has 0 fully saturated rings. The van der Waals surface area contributed by atoms with Crippen molar-refractivity contribution >= 4 is 29.7 Å². The van der Waals surface area contributed by atoms with Crippen molar-refractivity contribution in [2.45, 2.75) is 66.2 Å². The van der Waals surface area contributed by atoms with Crippen LogP contribution in [-0.2, 0) is 29.1 Å². The van der Waals surface area contributed by atoms with Crippen molar-refractivity contribution < 1.29 is 16.3 Å². The smallest absolute Gasteiger partial charge is 0.171 e. The predicted octanol–water partition coefficient (Wildman–Crippen LogP) is 14.4. The van der Waals surface area contributed by atoms with E-state index in [2.05, 4.69) is 193 Å². The van der Waals surface area contributed by atoms with Crippen molar-refractivity contribution in [1.29, 1.82) is 0 Å². The fourth-order valence-corrected chi connectivity index (χ4v) is 5.08. The van der Waals surface area contributed by atoms with E-state index in [9.17, 15) is 0 Å². The SMILES string of the molecule is CCc1cc2c(-c3ccccc3)cccc2[cH-]1.CCc1cc2c(-c3ccccc3)cccc2[cH-]1.[CH2-]CCC.[CH2-]CCC.[CH3-].[Si]=[V].[c-]1ccccc1. The zero-order valence-corrected chi connectivity index (χ0v) is 33.9. The van der Waals surface area contributed by atoms with Gasteiger partial charge in [-0.15, -0.1) is 69.1 Å². The second-order valence-electron chi connectivity index (χ2n) is 11.6. The van der Waals surface area contributed by atoms with Crippen LogP contribution in [0.15, 0.2) is 152 Å². The molecule has 2 radical (unpaired) electrons. The Bertz CT molecular complexity index is 1680. The van der Waals surface area contributed by atoms with Gasteiger partial charge in [-0.05, 0) is 24.0 Å². The summed E-state index contributed by atoms with van der Waals surface area (Å²) < 4.78 is 0. The molecule has 0 atom stereocenters. The van der Waals surface area contributed by atoms with E-state index < -0.39 is 0 Å². The van der Waals surface area contributed by atoms with Crippen LogP contribution in [0.1, 0.15) is 64.5 Å². The van der Waals surface area contributed by atoms with Gasteiger partial charge >= 0.3 is 24.4 Å². The monoisotopic (exact) mass is 723 g/mol. The fourth-order valence-electron chi connectivity index (χ4n) is 5.08. The van der Waals surface area contributed by atoms with Crippen LogP contribution >= 0.6 is 0 Å². The third kappa shape index (κ3) is 15.5. The minimum absolute atomic E-state index is 0. The normalized spacial score (nSPS) is 9.43. The fraction of sp³-hybridized carbons (Fsp3) is 0.204. The number of benzene rings is 5. The van der Waals surface area contributed by atoms with Crippen molar-refractivity contribution in [2.75, 3.05) is 0 Å². The van der Waals surface area contributed by atoms with Gasteiger partial charge in [-0.3, -0.25) is 0 Å². The van der Waals surface area contributed by atoms with Crippen LogP contribution in [0, 0.1) is 27.3 Å². The molecule has 0 aliphatic carbocycles. The van der Waals surface area contributed by atoms with Gasteiger partial charge in [0, 0.05) is 0 Å². The van der Waals surface area contributed by atoms with Gasteiger partial charge in [0.25, 0.3) is 0 Å². The van der Waals surface area contributed by atoms with Crippen molar-refractivity contribution in [1.82, 2.24) is 0 Å². The molecule has 0 unspecified atom stereocenters. The summed E-state index contributed by atoms with van der Waals surface area (Å²) in [6, 6.07) is 56.0. The topological polar surface area (TPSA) is 0 Å². The zero-order valence-electron chi connectivity index (χ0n) is 31.5. The first-order chi connectivity index (χ1) is 24.6. The summed E-state index contributed by atoms with van der Waals surface area (Å²) in [5, 5.41) is 5.44. The minimum atomic E-state index is 0. The van der Waals surface area contributed by atoms with E-state index in [1.807, 2.05) is 30.3 Å². The number of aryl methyl sites for hydroxylation is 2. The molecule has 0 heterocycles. The molecule has 0 saturated carbocycles. The van der Waals surface area contributed by atoms with E-state index in [0.717, 1.165) is 25.7 Å². The number of rotatable bonds is 6. The van der Waals surface area contributed by atoms with Gasteiger partial charge in [0.2, 0.25) is 0 Å². The molecule has 0 saturated heterocycles. The Balaban J connectivity index is 0.000000357. The van der Waals surface area contributed by atoms with E-state index in [4.69, 9.17) is 0 Å². The van der Waals surface area contributed by atoms with Crippen LogP contribution in [0.25, 0.3) is 43.8 Å². The first-order valence-corrected chi connectivity index (χ1v) is 20.3. The van der Waals surface area contributed by atoms with E-state index in [1.54, 1.807) is 0 Å². The molecule has 7 aromatic rings. The summed E-state index contributed by atoms with van der Waals surface area (Å²) in [4.78, 5) is 0. The number of unbranched alkanes of at least 4 members (excludes halogenated alkanes) is 2. The third-order valence-electron chi connectivity index (χ3n) is 7.92. The van der Waals surface area contributed by atoms with Gasteiger partial charge in [-0.25, -0.2) is 0 Å². The van der Waals surface area contributed by atoms with Crippen LogP contribution in [0.3, 0.4) is 0 Å². The van der Waals surface area contributed by atoms with Crippen molar-refractivity contribution in [3.05, 3.63) is 190 Å². The van der Waals surface area contributed by atoms with Gasteiger partial charge < -0.3 is 21.3 Å². The molecule has 51 heavy (non-hydrogen) atoms. The molecule has 267 valence electrons. The van der Waals surface area contributed by atoms with Gasteiger partial charge in [0.05, 0.1) is 0 Å². The van der Waals surface area contributed by atoms with Crippen LogP contribution in [0.2, 0.25) is 0 Å². The Morgan fingerprint density at radius 1 is 0.529 bits per heavy atom. The Labute approximate surface area is 322 Å². The van der Waals surface area contributed by atoms with E-state index >= 15 is 0 Å². The summed E-state index contributed by atoms with van der Waals surface area (Å²) in [5.74, 6) is 0. The summed E-state index contributed by atoms with van der Waals surface area (Å²) >= 11 is 2.12. The van der Waals surface area contributed by atoms with E-state index in [0.29, 0.717) is 0 Å². The first kappa shape index (κ1) is 45.1. The standard InChI is InChI=1S/2C17H15.C6H5.2C4H9.CH3.Si.V/c2*1-2-13-11-15-9-6-10-16(17(15)12-13)14-7-4-3-5-8-14;1-2-4-6-5-3-1;2*1-3-4-2;;;/h2*3-12H,2H2,1H3;1-5H;2*1,3-4H2,2H3;1H3;;/q6*-1;;. The van der Waals surface area contributed by atoms with E-state index in [-0.39, 0.29) is 7.43 Å². The molecule has 2 heteroatoms.